The van der Waals surface area contributed by atoms with E-state index in [0.717, 1.165) is 17.1 Å². The fraction of sp³-hybridized carbons (Fsp3) is 0.455. The van der Waals surface area contributed by atoms with E-state index in [2.05, 4.69) is 23.9 Å². The minimum atomic E-state index is -0.0187. The maximum atomic E-state index is 9.33. The van der Waals surface area contributed by atoms with E-state index in [0.29, 0.717) is 0 Å². The molecule has 0 bridgehead atoms. The predicted octanol–water partition coefficient (Wildman–Crippen LogP) is 1.36. The Morgan fingerprint density at radius 2 is 2.19 bits per heavy atom. The smallest absolute Gasteiger partial charge is 0.112 e. The van der Waals surface area contributed by atoms with Gasteiger partial charge in [0, 0.05) is 19.3 Å². The lowest BCUT2D eigenvalue weighted by atomic mass is 10.2. The molecule has 0 aromatic carbocycles. The van der Waals surface area contributed by atoms with Gasteiger partial charge >= 0.3 is 0 Å². The number of hydrogen-bond donors (Lipinski definition) is 1. The van der Waals surface area contributed by atoms with Gasteiger partial charge in [-0.05, 0) is 19.9 Å². The summed E-state index contributed by atoms with van der Waals surface area (Å²) in [6.07, 6.45) is 3.46. The number of aliphatic hydroxyl groups is 1. The SMILES string of the molecule is CC(C)n1nccc1-c1ncn(C)c1CO. The number of aryl methyl sites for hydroxylation is 1. The molecule has 0 unspecified atom stereocenters. The average molecular weight is 220 g/mol. The topological polar surface area (TPSA) is 55.9 Å². The summed E-state index contributed by atoms with van der Waals surface area (Å²) in [5.41, 5.74) is 2.55. The van der Waals surface area contributed by atoms with E-state index >= 15 is 0 Å². The van der Waals surface area contributed by atoms with Crippen LogP contribution < -0.4 is 0 Å². The van der Waals surface area contributed by atoms with Crippen LogP contribution in [0.2, 0.25) is 0 Å². The van der Waals surface area contributed by atoms with Crippen LogP contribution in [0.4, 0.5) is 0 Å². The second kappa shape index (κ2) is 4.09. The van der Waals surface area contributed by atoms with Crippen LogP contribution in [-0.2, 0) is 13.7 Å². The lowest BCUT2D eigenvalue weighted by molar-refractivity contribution is 0.273. The largest absolute Gasteiger partial charge is 0.390 e. The van der Waals surface area contributed by atoms with Crippen molar-refractivity contribution in [2.75, 3.05) is 0 Å². The Morgan fingerprint density at radius 1 is 1.44 bits per heavy atom. The molecule has 1 N–H and O–H groups in total. The number of hydrogen-bond acceptors (Lipinski definition) is 3. The fourth-order valence-corrected chi connectivity index (χ4v) is 1.77. The van der Waals surface area contributed by atoms with Gasteiger partial charge in [0.05, 0.1) is 24.3 Å². The summed E-state index contributed by atoms with van der Waals surface area (Å²) in [4.78, 5) is 4.31. The van der Waals surface area contributed by atoms with Crippen molar-refractivity contribution < 1.29 is 5.11 Å². The average Bonchev–Trinajstić information content (AvgIpc) is 2.82. The molecule has 2 heterocycles. The zero-order chi connectivity index (χ0) is 11.7. The van der Waals surface area contributed by atoms with E-state index in [9.17, 15) is 5.11 Å². The van der Waals surface area contributed by atoms with Crippen LogP contribution in [0.25, 0.3) is 11.4 Å². The van der Waals surface area contributed by atoms with Gasteiger partial charge in [0.2, 0.25) is 0 Å². The van der Waals surface area contributed by atoms with Crippen molar-refractivity contribution in [2.45, 2.75) is 26.5 Å². The Kier molecular flexibility index (Phi) is 2.78. The van der Waals surface area contributed by atoms with Crippen LogP contribution in [0.3, 0.4) is 0 Å². The molecule has 5 heteroatoms. The van der Waals surface area contributed by atoms with Crippen LogP contribution in [0, 0.1) is 0 Å². The molecule has 0 aliphatic rings. The van der Waals surface area contributed by atoms with E-state index in [1.165, 1.54) is 0 Å². The first kappa shape index (κ1) is 10.9. The molecule has 5 nitrogen and oxygen atoms in total. The monoisotopic (exact) mass is 220 g/mol. The van der Waals surface area contributed by atoms with Gasteiger partial charge in [0.25, 0.3) is 0 Å². The summed E-state index contributed by atoms with van der Waals surface area (Å²) >= 11 is 0. The zero-order valence-electron chi connectivity index (χ0n) is 9.75. The Bertz CT molecular complexity index is 484. The number of aliphatic hydroxyl groups excluding tert-OH is 1. The molecule has 0 aliphatic heterocycles. The second-order valence-corrected chi connectivity index (χ2v) is 4.06. The lowest BCUT2D eigenvalue weighted by Crippen LogP contribution is -2.06. The van der Waals surface area contributed by atoms with Gasteiger partial charge in [-0.2, -0.15) is 5.10 Å². The molecule has 0 radical (unpaired) electrons. The predicted molar refractivity (Wildman–Crippen MR) is 60.7 cm³/mol. The number of rotatable bonds is 3. The van der Waals surface area contributed by atoms with E-state index in [1.807, 2.05) is 22.4 Å². The minimum Gasteiger partial charge on any atom is -0.390 e. The van der Waals surface area contributed by atoms with Crippen molar-refractivity contribution in [3.63, 3.8) is 0 Å². The van der Waals surface area contributed by atoms with Crippen LogP contribution >= 0.6 is 0 Å². The third-order valence-electron chi connectivity index (χ3n) is 2.61. The van der Waals surface area contributed by atoms with Crippen molar-refractivity contribution in [3.05, 3.63) is 24.3 Å². The van der Waals surface area contributed by atoms with Gasteiger partial charge < -0.3 is 9.67 Å². The Balaban J connectivity index is 2.54. The molecular formula is C11H16N4O. The maximum Gasteiger partial charge on any atom is 0.112 e. The summed E-state index contributed by atoms with van der Waals surface area (Å²) < 4.78 is 3.73. The van der Waals surface area contributed by atoms with Crippen LogP contribution in [0.1, 0.15) is 25.6 Å². The third-order valence-corrected chi connectivity index (χ3v) is 2.61. The van der Waals surface area contributed by atoms with Crippen LogP contribution in [0.5, 0.6) is 0 Å². The van der Waals surface area contributed by atoms with Gasteiger partial charge in [-0.25, -0.2) is 4.98 Å². The quantitative estimate of drug-likeness (QED) is 0.849. The highest BCUT2D eigenvalue weighted by atomic mass is 16.3. The summed E-state index contributed by atoms with van der Waals surface area (Å²) in [6, 6.07) is 2.19. The third kappa shape index (κ3) is 1.63. The summed E-state index contributed by atoms with van der Waals surface area (Å²) in [5, 5.41) is 13.6. The zero-order valence-corrected chi connectivity index (χ0v) is 9.75. The Labute approximate surface area is 94.4 Å². The Hall–Kier alpha value is -1.62. The summed E-state index contributed by atoms with van der Waals surface area (Å²) in [7, 11) is 1.87. The molecule has 0 fully saturated rings. The molecule has 0 saturated carbocycles. The van der Waals surface area contributed by atoms with Crippen LogP contribution in [-0.4, -0.2) is 24.4 Å². The molecule has 16 heavy (non-hydrogen) atoms. The maximum absolute atomic E-state index is 9.33. The van der Waals surface area contributed by atoms with Gasteiger partial charge in [-0.3, -0.25) is 4.68 Å². The molecule has 0 atom stereocenters. The van der Waals surface area contributed by atoms with Crippen LogP contribution in [0.15, 0.2) is 18.6 Å². The van der Waals surface area contributed by atoms with Crippen molar-refractivity contribution >= 4 is 0 Å². The first-order chi connectivity index (χ1) is 7.65. The molecule has 2 aromatic rings. The van der Waals surface area contributed by atoms with E-state index in [4.69, 9.17) is 0 Å². The van der Waals surface area contributed by atoms with E-state index in [1.54, 1.807) is 12.5 Å². The molecule has 0 spiro atoms. The van der Waals surface area contributed by atoms with Crippen molar-refractivity contribution in [1.29, 1.82) is 0 Å². The summed E-state index contributed by atoms with van der Waals surface area (Å²) in [6.45, 7) is 4.12. The summed E-state index contributed by atoms with van der Waals surface area (Å²) in [5.74, 6) is 0. The van der Waals surface area contributed by atoms with E-state index < -0.39 is 0 Å². The van der Waals surface area contributed by atoms with Crippen molar-refractivity contribution in [3.8, 4) is 11.4 Å². The number of aromatic nitrogens is 4. The van der Waals surface area contributed by atoms with Gasteiger partial charge in [-0.1, -0.05) is 0 Å². The standard InChI is InChI=1S/C11H16N4O/c1-8(2)15-9(4-5-13-15)11-10(6-16)14(3)7-12-11/h4-5,7-8,16H,6H2,1-3H3. The second-order valence-electron chi connectivity index (χ2n) is 4.06. The van der Waals surface area contributed by atoms with Gasteiger partial charge in [0.15, 0.2) is 0 Å². The Morgan fingerprint density at radius 3 is 2.81 bits per heavy atom. The van der Waals surface area contributed by atoms with Crippen molar-refractivity contribution in [1.82, 2.24) is 19.3 Å². The van der Waals surface area contributed by atoms with Gasteiger partial charge in [0.1, 0.15) is 5.69 Å². The highest BCUT2D eigenvalue weighted by Gasteiger charge is 2.15. The highest BCUT2D eigenvalue weighted by molar-refractivity contribution is 5.57. The first-order valence-electron chi connectivity index (χ1n) is 5.30. The molecule has 86 valence electrons. The van der Waals surface area contributed by atoms with Crippen molar-refractivity contribution in [2.24, 2.45) is 7.05 Å². The normalized spacial score (nSPS) is 11.3. The van der Waals surface area contributed by atoms with E-state index in [-0.39, 0.29) is 12.6 Å². The molecule has 0 amide bonds. The molecule has 0 saturated heterocycles. The van der Waals surface area contributed by atoms with Gasteiger partial charge in [-0.15, -0.1) is 0 Å². The molecule has 0 aliphatic carbocycles. The highest BCUT2D eigenvalue weighted by Crippen LogP contribution is 2.23. The first-order valence-corrected chi connectivity index (χ1v) is 5.30. The number of imidazole rings is 1. The number of nitrogens with zero attached hydrogens (tertiary/aromatic N) is 4. The lowest BCUT2D eigenvalue weighted by Gasteiger charge is -2.10. The fourth-order valence-electron chi connectivity index (χ4n) is 1.77. The molecular weight excluding hydrogens is 204 g/mol. The molecule has 2 rings (SSSR count). The molecule has 2 aromatic heterocycles. The minimum absolute atomic E-state index is 0.0187.